The van der Waals surface area contributed by atoms with E-state index in [1.54, 1.807) is 4.80 Å². The lowest BCUT2D eigenvalue weighted by atomic mass is 10.0. The van der Waals surface area contributed by atoms with E-state index in [-0.39, 0.29) is 18.4 Å². The van der Waals surface area contributed by atoms with E-state index in [0.29, 0.717) is 5.82 Å². The van der Waals surface area contributed by atoms with Gasteiger partial charge in [0.25, 0.3) is 0 Å². The van der Waals surface area contributed by atoms with E-state index in [0.717, 1.165) is 19.3 Å². The van der Waals surface area contributed by atoms with Gasteiger partial charge in [-0.05, 0) is 18.8 Å². The first-order chi connectivity index (χ1) is 7.16. The van der Waals surface area contributed by atoms with Crippen molar-refractivity contribution in [2.75, 3.05) is 5.73 Å². The van der Waals surface area contributed by atoms with Gasteiger partial charge in [0, 0.05) is 0 Å². The van der Waals surface area contributed by atoms with Gasteiger partial charge in [0.1, 0.15) is 0 Å². The second kappa shape index (κ2) is 3.88. The molecule has 0 spiro atoms. The van der Waals surface area contributed by atoms with Crippen LogP contribution < -0.4 is 5.73 Å². The molecule has 82 valence electrons. The van der Waals surface area contributed by atoms with Crippen molar-refractivity contribution in [3.8, 4) is 0 Å². The number of nitrogens with two attached hydrogens (primary N) is 1. The van der Waals surface area contributed by atoms with Crippen molar-refractivity contribution in [2.45, 2.75) is 31.7 Å². The molecule has 0 aromatic carbocycles. The molecule has 2 unspecified atom stereocenters. The Bertz CT molecular complexity index is 363. The van der Waals surface area contributed by atoms with Gasteiger partial charge in [-0.1, -0.05) is 6.42 Å². The molecule has 1 aromatic heterocycles. The number of nitrogen functional groups attached to an aromatic ring is 1. The van der Waals surface area contributed by atoms with E-state index in [2.05, 4.69) is 10.2 Å². The third kappa shape index (κ3) is 2.08. The normalized spacial score (nSPS) is 25.6. The van der Waals surface area contributed by atoms with Crippen LogP contribution in [0.1, 0.15) is 31.7 Å². The zero-order chi connectivity index (χ0) is 10.8. The maximum Gasteiger partial charge on any atom is 0.303 e. The summed E-state index contributed by atoms with van der Waals surface area (Å²) in [7, 11) is 0. The Kier molecular flexibility index (Phi) is 2.57. The summed E-state index contributed by atoms with van der Waals surface area (Å²) in [5.74, 6) is -0.239. The number of carbonyl (C=O) groups is 1. The third-order valence-electron chi connectivity index (χ3n) is 2.88. The summed E-state index contributed by atoms with van der Waals surface area (Å²) in [6.07, 6.45) is 4.58. The molecule has 15 heavy (non-hydrogen) atoms. The van der Waals surface area contributed by atoms with Crippen LogP contribution in [0.15, 0.2) is 6.20 Å². The molecule has 6 nitrogen and oxygen atoms in total. The molecule has 0 radical (unpaired) electrons. The number of nitrogens with zero attached hydrogens (tertiary/aromatic N) is 3. The topological polar surface area (TPSA) is 94.0 Å². The molecule has 0 amide bonds. The number of aliphatic carboxylic acids is 1. The van der Waals surface area contributed by atoms with E-state index in [1.807, 2.05) is 0 Å². The van der Waals surface area contributed by atoms with Crippen LogP contribution in [0.5, 0.6) is 0 Å². The van der Waals surface area contributed by atoms with Gasteiger partial charge < -0.3 is 10.8 Å². The van der Waals surface area contributed by atoms with Gasteiger partial charge in [0.15, 0.2) is 5.82 Å². The van der Waals surface area contributed by atoms with Gasteiger partial charge >= 0.3 is 5.97 Å². The summed E-state index contributed by atoms with van der Waals surface area (Å²) in [5, 5.41) is 16.9. The molecule has 1 saturated carbocycles. The van der Waals surface area contributed by atoms with Gasteiger partial charge in [-0.15, -0.1) is 5.10 Å². The monoisotopic (exact) mass is 210 g/mol. The van der Waals surface area contributed by atoms with E-state index >= 15 is 0 Å². The fraction of sp³-hybridized carbons (Fsp3) is 0.667. The quantitative estimate of drug-likeness (QED) is 0.764. The smallest absolute Gasteiger partial charge is 0.303 e. The third-order valence-corrected chi connectivity index (χ3v) is 2.88. The molecule has 1 aliphatic carbocycles. The molecule has 6 heteroatoms. The fourth-order valence-corrected chi connectivity index (χ4v) is 2.23. The highest BCUT2D eigenvalue weighted by molar-refractivity contribution is 5.67. The lowest BCUT2D eigenvalue weighted by molar-refractivity contribution is -0.138. The predicted molar refractivity (Wildman–Crippen MR) is 53.1 cm³/mol. The molecular weight excluding hydrogens is 196 g/mol. The Hall–Kier alpha value is -1.59. The summed E-state index contributed by atoms with van der Waals surface area (Å²) < 4.78 is 0. The Balaban J connectivity index is 2.10. The number of rotatable bonds is 3. The molecule has 3 N–H and O–H groups in total. The largest absolute Gasteiger partial charge is 0.481 e. The first-order valence-electron chi connectivity index (χ1n) is 5.06. The van der Waals surface area contributed by atoms with Crippen LogP contribution >= 0.6 is 0 Å². The second-order valence-corrected chi connectivity index (χ2v) is 3.95. The number of hydrogen-bond donors (Lipinski definition) is 2. The van der Waals surface area contributed by atoms with E-state index in [1.165, 1.54) is 6.20 Å². The maximum atomic E-state index is 10.7. The molecule has 0 saturated heterocycles. The number of anilines is 1. The van der Waals surface area contributed by atoms with Crippen molar-refractivity contribution in [1.82, 2.24) is 15.0 Å². The first kappa shape index (κ1) is 9.95. The highest BCUT2D eigenvalue weighted by Gasteiger charge is 2.31. The van der Waals surface area contributed by atoms with Crippen LogP contribution in [-0.4, -0.2) is 26.1 Å². The maximum absolute atomic E-state index is 10.7. The number of carboxylic acid groups (broad SMARTS) is 1. The predicted octanol–water partition coefficient (Wildman–Crippen LogP) is 0.676. The van der Waals surface area contributed by atoms with E-state index in [4.69, 9.17) is 10.8 Å². The minimum absolute atomic E-state index is 0.0957. The Morgan fingerprint density at radius 1 is 1.67 bits per heavy atom. The number of aromatic nitrogens is 3. The van der Waals surface area contributed by atoms with Crippen molar-refractivity contribution in [1.29, 1.82) is 0 Å². The zero-order valence-corrected chi connectivity index (χ0v) is 8.33. The van der Waals surface area contributed by atoms with Gasteiger partial charge in [-0.2, -0.15) is 9.90 Å². The minimum atomic E-state index is -0.757. The van der Waals surface area contributed by atoms with Gasteiger partial charge in [-0.3, -0.25) is 4.79 Å². The van der Waals surface area contributed by atoms with E-state index < -0.39 is 5.97 Å². The molecule has 0 aliphatic heterocycles. The second-order valence-electron chi connectivity index (χ2n) is 3.95. The summed E-state index contributed by atoms with van der Waals surface area (Å²) in [4.78, 5) is 12.2. The van der Waals surface area contributed by atoms with Crippen molar-refractivity contribution in [3.63, 3.8) is 0 Å². The summed E-state index contributed by atoms with van der Waals surface area (Å²) in [6, 6.07) is 0.0957. The lowest BCUT2D eigenvalue weighted by Crippen LogP contribution is -2.19. The first-order valence-corrected chi connectivity index (χ1v) is 5.06. The molecule has 2 atom stereocenters. The summed E-state index contributed by atoms with van der Waals surface area (Å²) in [6.45, 7) is 0. The molecule has 1 heterocycles. The molecule has 1 aliphatic rings. The summed E-state index contributed by atoms with van der Waals surface area (Å²) >= 11 is 0. The Labute approximate surface area is 87.1 Å². The van der Waals surface area contributed by atoms with Crippen molar-refractivity contribution < 1.29 is 9.90 Å². The van der Waals surface area contributed by atoms with Crippen LogP contribution in [0.3, 0.4) is 0 Å². The standard InChI is InChI=1S/C9H14N4O2/c10-8-5-11-13(12-8)7-3-1-2-6(7)4-9(14)15/h5-7H,1-4H2,(H2,10,12)(H,14,15). The summed E-state index contributed by atoms with van der Waals surface area (Å²) in [5.41, 5.74) is 5.48. The number of hydrogen-bond acceptors (Lipinski definition) is 4. The zero-order valence-electron chi connectivity index (χ0n) is 8.33. The van der Waals surface area contributed by atoms with Crippen LogP contribution in [0, 0.1) is 5.92 Å². The van der Waals surface area contributed by atoms with Gasteiger partial charge in [0.2, 0.25) is 0 Å². The highest BCUT2D eigenvalue weighted by Crippen LogP contribution is 2.36. The SMILES string of the molecule is Nc1cnn(C2CCCC2CC(=O)O)n1. The molecular formula is C9H14N4O2. The van der Waals surface area contributed by atoms with Crippen LogP contribution in [0.4, 0.5) is 5.82 Å². The average Bonchev–Trinajstić information content (AvgIpc) is 2.72. The van der Waals surface area contributed by atoms with Crippen molar-refractivity contribution in [3.05, 3.63) is 6.20 Å². The highest BCUT2D eigenvalue weighted by atomic mass is 16.4. The van der Waals surface area contributed by atoms with Crippen molar-refractivity contribution in [2.24, 2.45) is 5.92 Å². The lowest BCUT2D eigenvalue weighted by Gasteiger charge is -2.16. The Morgan fingerprint density at radius 2 is 2.47 bits per heavy atom. The van der Waals surface area contributed by atoms with Gasteiger partial charge in [-0.25, -0.2) is 0 Å². The molecule has 0 bridgehead atoms. The van der Waals surface area contributed by atoms with Crippen LogP contribution in [-0.2, 0) is 4.79 Å². The van der Waals surface area contributed by atoms with E-state index in [9.17, 15) is 4.79 Å². The minimum Gasteiger partial charge on any atom is -0.481 e. The molecule has 1 aromatic rings. The fourth-order valence-electron chi connectivity index (χ4n) is 2.23. The van der Waals surface area contributed by atoms with Crippen LogP contribution in [0.2, 0.25) is 0 Å². The Morgan fingerprint density at radius 3 is 3.07 bits per heavy atom. The van der Waals surface area contributed by atoms with Gasteiger partial charge in [0.05, 0.1) is 18.7 Å². The molecule has 1 fully saturated rings. The average molecular weight is 210 g/mol. The van der Waals surface area contributed by atoms with Crippen LogP contribution in [0.25, 0.3) is 0 Å². The number of carboxylic acids is 1. The van der Waals surface area contributed by atoms with Crippen molar-refractivity contribution >= 4 is 11.8 Å². The molecule has 2 rings (SSSR count).